The van der Waals surface area contributed by atoms with E-state index in [1.54, 1.807) is 0 Å². The second-order valence-corrected chi connectivity index (χ2v) is 11.5. The van der Waals surface area contributed by atoms with E-state index in [9.17, 15) is 5.11 Å². The molecule has 1 aromatic rings. The summed E-state index contributed by atoms with van der Waals surface area (Å²) in [4.78, 5) is 0. The van der Waals surface area contributed by atoms with Gasteiger partial charge in [0.1, 0.15) is 5.75 Å². The lowest BCUT2D eigenvalue weighted by molar-refractivity contribution is 0.403. The van der Waals surface area contributed by atoms with Crippen LogP contribution in [0.4, 0.5) is 0 Å². The van der Waals surface area contributed by atoms with Crippen LogP contribution in [0.15, 0.2) is 0 Å². The Hall–Kier alpha value is -0.980. The van der Waals surface area contributed by atoms with Gasteiger partial charge in [-0.25, -0.2) is 0 Å². The maximum Gasteiger partial charge on any atom is 0.123 e. The van der Waals surface area contributed by atoms with Crippen LogP contribution in [0.2, 0.25) is 0 Å². The quantitative estimate of drug-likeness (QED) is 0.548. The van der Waals surface area contributed by atoms with Crippen molar-refractivity contribution in [3.63, 3.8) is 0 Å². The van der Waals surface area contributed by atoms with Crippen molar-refractivity contribution in [2.24, 2.45) is 0 Å². The number of phenols is 1. The highest BCUT2D eigenvalue weighted by Crippen LogP contribution is 2.50. The number of hydrogen-bond acceptors (Lipinski definition) is 1. The molecule has 0 radical (unpaired) electrons. The zero-order chi connectivity index (χ0) is 19.5. The van der Waals surface area contributed by atoms with Gasteiger partial charge in [-0.3, -0.25) is 0 Å². The van der Waals surface area contributed by atoms with Crippen LogP contribution < -0.4 is 0 Å². The highest BCUT2D eigenvalue weighted by Gasteiger charge is 2.38. The highest BCUT2D eigenvalue weighted by atomic mass is 16.3. The van der Waals surface area contributed by atoms with E-state index in [0.29, 0.717) is 5.75 Å². The van der Waals surface area contributed by atoms with Crippen molar-refractivity contribution in [3.8, 4) is 5.75 Å². The molecular weight excluding hydrogens is 292 g/mol. The first-order chi connectivity index (χ1) is 10.3. The zero-order valence-electron chi connectivity index (χ0n) is 18.4. The molecule has 0 fully saturated rings. The van der Waals surface area contributed by atoms with Gasteiger partial charge in [-0.1, -0.05) is 83.1 Å². The molecule has 1 aromatic carbocycles. The SMILES string of the molecule is Cc1c(C(C)(C)C)c(C(C)(C)C)c(O)c(C(C)(C)C)c1C(C)(C)C. The molecule has 0 unspecified atom stereocenters. The normalized spacial score (nSPS) is 14.2. The second kappa shape index (κ2) is 5.78. The van der Waals surface area contributed by atoms with Gasteiger partial charge in [-0.15, -0.1) is 0 Å². The summed E-state index contributed by atoms with van der Waals surface area (Å²) >= 11 is 0. The molecule has 0 aromatic heterocycles. The molecule has 0 aliphatic heterocycles. The predicted octanol–water partition coefficient (Wildman–Crippen LogP) is 6.89. The molecule has 1 nitrogen and oxygen atoms in total. The lowest BCUT2D eigenvalue weighted by Gasteiger charge is -2.40. The van der Waals surface area contributed by atoms with Crippen LogP contribution in [-0.4, -0.2) is 5.11 Å². The molecule has 1 N–H and O–H groups in total. The number of hydrogen-bond donors (Lipinski definition) is 1. The van der Waals surface area contributed by atoms with E-state index in [4.69, 9.17) is 0 Å². The topological polar surface area (TPSA) is 20.2 Å². The minimum Gasteiger partial charge on any atom is -0.507 e. The van der Waals surface area contributed by atoms with Crippen molar-refractivity contribution in [3.05, 3.63) is 27.8 Å². The van der Waals surface area contributed by atoms with Crippen molar-refractivity contribution in [1.82, 2.24) is 0 Å². The van der Waals surface area contributed by atoms with Gasteiger partial charge >= 0.3 is 0 Å². The fourth-order valence-electron chi connectivity index (χ4n) is 4.20. The van der Waals surface area contributed by atoms with Crippen LogP contribution in [0.3, 0.4) is 0 Å². The average molecular weight is 333 g/mol. The van der Waals surface area contributed by atoms with Crippen molar-refractivity contribution in [2.45, 2.75) is 112 Å². The smallest absolute Gasteiger partial charge is 0.123 e. The largest absolute Gasteiger partial charge is 0.507 e. The van der Waals surface area contributed by atoms with Crippen molar-refractivity contribution in [1.29, 1.82) is 0 Å². The Morgan fingerprint density at radius 1 is 0.458 bits per heavy atom. The zero-order valence-corrected chi connectivity index (χ0v) is 18.4. The fourth-order valence-corrected chi connectivity index (χ4v) is 4.20. The number of benzene rings is 1. The lowest BCUT2D eigenvalue weighted by atomic mass is 9.64. The van der Waals surface area contributed by atoms with Gasteiger partial charge in [0.15, 0.2) is 0 Å². The molecule has 0 aliphatic carbocycles. The van der Waals surface area contributed by atoms with Gasteiger partial charge < -0.3 is 5.11 Å². The van der Waals surface area contributed by atoms with Gasteiger partial charge in [0.05, 0.1) is 0 Å². The predicted molar refractivity (Wildman–Crippen MR) is 108 cm³/mol. The molecular formula is C23H40O. The van der Waals surface area contributed by atoms with Gasteiger partial charge in [0.2, 0.25) is 0 Å². The van der Waals surface area contributed by atoms with Crippen LogP contribution in [0.25, 0.3) is 0 Å². The molecule has 138 valence electrons. The molecule has 1 rings (SSSR count). The summed E-state index contributed by atoms with van der Waals surface area (Å²) in [5.74, 6) is 0.510. The number of aromatic hydroxyl groups is 1. The van der Waals surface area contributed by atoms with Gasteiger partial charge in [-0.2, -0.15) is 0 Å². The Morgan fingerprint density at radius 2 is 0.667 bits per heavy atom. The summed E-state index contributed by atoms with van der Waals surface area (Å²) in [6.45, 7) is 29.0. The molecule has 0 heterocycles. The summed E-state index contributed by atoms with van der Waals surface area (Å²) in [6, 6.07) is 0. The van der Waals surface area contributed by atoms with Crippen LogP contribution in [0.5, 0.6) is 5.75 Å². The Labute approximate surface area is 150 Å². The Morgan fingerprint density at radius 3 is 0.833 bits per heavy atom. The number of phenolic OH excluding ortho intramolecular Hbond substituents is 1. The highest BCUT2D eigenvalue weighted by molar-refractivity contribution is 5.62. The van der Waals surface area contributed by atoms with E-state index in [1.807, 2.05) is 0 Å². The van der Waals surface area contributed by atoms with Crippen LogP contribution >= 0.6 is 0 Å². The summed E-state index contributed by atoms with van der Waals surface area (Å²) in [7, 11) is 0. The van der Waals surface area contributed by atoms with Crippen molar-refractivity contribution in [2.75, 3.05) is 0 Å². The fraction of sp³-hybridized carbons (Fsp3) is 0.739. The van der Waals surface area contributed by atoms with E-state index in [-0.39, 0.29) is 21.7 Å². The van der Waals surface area contributed by atoms with E-state index >= 15 is 0 Å². The van der Waals surface area contributed by atoms with E-state index in [2.05, 4.69) is 90.0 Å². The Kier molecular flexibility index (Phi) is 5.07. The minimum absolute atomic E-state index is 0.0133. The first-order valence-corrected chi connectivity index (χ1v) is 9.22. The lowest BCUT2D eigenvalue weighted by Crippen LogP contribution is -2.31. The molecule has 0 bridgehead atoms. The molecule has 0 saturated carbocycles. The van der Waals surface area contributed by atoms with Crippen molar-refractivity contribution < 1.29 is 5.11 Å². The molecule has 0 amide bonds. The maximum atomic E-state index is 11.5. The average Bonchev–Trinajstić information content (AvgIpc) is 2.24. The monoisotopic (exact) mass is 332 g/mol. The molecule has 1 heteroatoms. The third-order valence-corrected chi connectivity index (χ3v) is 4.72. The summed E-state index contributed by atoms with van der Waals surface area (Å²) in [6.07, 6.45) is 0. The molecule has 0 spiro atoms. The standard InChI is InChI=1S/C23H40O/c1-14-15(20(2,3)4)17(22(8,9)10)19(24)18(23(11,12)13)16(14)21(5,6)7/h24H,1-13H3. The summed E-state index contributed by atoms with van der Waals surface area (Å²) in [5, 5.41) is 11.5. The first-order valence-electron chi connectivity index (χ1n) is 9.22. The number of rotatable bonds is 0. The van der Waals surface area contributed by atoms with Crippen LogP contribution in [0, 0.1) is 6.92 Å². The maximum absolute atomic E-state index is 11.5. The van der Waals surface area contributed by atoms with E-state index in [0.717, 1.165) is 11.1 Å². The van der Waals surface area contributed by atoms with E-state index < -0.39 is 0 Å². The Balaban J connectivity index is 4.28. The molecule has 0 aliphatic rings. The molecule has 0 atom stereocenters. The third kappa shape index (κ3) is 3.81. The second-order valence-electron chi connectivity index (χ2n) is 11.5. The van der Waals surface area contributed by atoms with Gasteiger partial charge in [-0.05, 0) is 45.3 Å². The summed E-state index contributed by atoms with van der Waals surface area (Å²) < 4.78 is 0. The van der Waals surface area contributed by atoms with E-state index in [1.165, 1.54) is 16.7 Å². The minimum atomic E-state index is -0.103. The first kappa shape index (κ1) is 21.1. The third-order valence-electron chi connectivity index (χ3n) is 4.72. The van der Waals surface area contributed by atoms with Crippen LogP contribution in [0.1, 0.15) is 111 Å². The van der Waals surface area contributed by atoms with Crippen LogP contribution in [-0.2, 0) is 21.7 Å². The van der Waals surface area contributed by atoms with Gasteiger partial charge in [0, 0.05) is 11.1 Å². The summed E-state index contributed by atoms with van der Waals surface area (Å²) in [5.41, 5.74) is 5.97. The Bertz CT molecular complexity index is 510. The molecule has 24 heavy (non-hydrogen) atoms. The van der Waals surface area contributed by atoms with Gasteiger partial charge in [0.25, 0.3) is 0 Å². The van der Waals surface area contributed by atoms with Crippen molar-refractivity contribution >= 4 is 0 Å². The molecule has 0 saturated heterocycles.